The molecule has 0 bridgehead atoms. The maximum atomic E-state index is 12.5. The molecule has 108 valence electrons. The zero-order valence-electron chi connectivity index (χ0n) is 12.6. The molecule has 1 unspecified atom stereocenters. The molecule has 2 rings (SSSR count). The second kappa shape index (κ2) is 5.65. The van der Waals surface area contributed by atoms with Gasteiger partial charge in [0.2, 0.25) is 11.8 Å². The molecule has 4 heteroatoms. The summed E-state index contributed by atoms with van der Waals surface area (Å²) in [5.41, 5.74) is 3.22. The minimum Gasteiger partial charge on any atom is -0.329 e. The quantitative estimate of drug-likeness (QED) is 0.830. The van der Waals surface area contributed by atoms with E-state index in [9.17, 15) is 9.59 Å². The highest BCUT2D eigenvalue weighted by atomic mass is 16.2. The summed E-state index contributed by atoms with van der Waals surface area (Å²) in [6.07, 6.45) is 0.446. The fraction of sp³-hybridized carbons (Fsp3) is 0.500. The van der Waals surface area contributed by atoms with Crippen LogP contribution < -0.4 is 4.90 Å². The van der Waals surface area contributed by atoms with Crippen LogP contribution in [0.15, 0.2) is 18.2 Å². The fourth-order valence-corrected chi connectivity index (χ4v) is 2.78. The Balaban J connectivity index is 2.24. The minimum absolute atomic E-state index is 0.00282. The van der Waals surface area contributed by atoms with Crippen molar-refractivity contribution in [2.45, 2.75) is 40.2 Å². The Labute approximate surface area is 120 Å². The van der Waals surface area contributed by atoms with Crippen LogP contribution >= 0.6 is 0 Å². The van der Waals surface area contributed by atoms with Crippen molar-refractivity contribution in [3.63, 3.8) is 0 Å². The summed E-state index contributed by atoms with van der Waals surface area (Å²) in [4.78, 5) is 27.8. The van der Waals surface area contributed by atoms with Gasteiger partial charge in [-0.25, -0.2) is 0 Å². The molecule has 1 aromatic rings. The number of amides is 2. The Kier molecular flexibility index (Phi) is 4.12. The van der Waals surface area contributed by atoms with Gasteiger partial charge in [0.25, 0.3) is 0 Å². The number of hydrogen-bond donors (Lipinski definition) is 0. The normalized spacial score (nSPS) is 19.4. The summed E-state index contributed by atoms with van der Waals surface area (Å²) in [5.74, 6) is 0.0500. The van der Waals surface area contributed by atoms with E-state index in [-0.39, 0.29) is 17.9 Å². The third-order valence-electron chi connectivity index (χ3n) is 3.80. The third kappa shape index (κ3) is 2.69. The van der Waals surface area contributed by atoms with Crippen LogP contribution in [0.1, 0.15) is 31.4 Å². The van der Waals surface area contributed by atoms with Crippen LogP contribution in [-0.2, 0) is 9.59 Å². The summed E-state index contributed by atoms with van der Waals surface area (Å²) >= 11 is 0. The van der Waals surface area contributed by atoms with E-state index in [1.165, 1.54) is 0 Å². The topological polar surface area (TPSA) is 40.6 Å². The molecule has 1 heterocycles. The van der Waals surface area contributed by atoms with Crippen LogP contribution in [0.3, 0.4) is 0 Å². The van der Waals surface area contributed by atoms with E-state index in [0.717, 1.165) is 16.8 Å². The Morgan fingerprint density at radius 3 is 2.35 bits per heavy atom. The maximum absolute atomic E-state index is 12.5. The maximum Gasteiger partial charge on any atom is 0.249 e. The molecular weight excluding hydrogens is 252 g/mol. The molecule has 0 radical (unpaired) electrons. The van der Waals surface area contributed by atoms with Crippen molar-refractivity contribution in [1.29, 1.82) is 0 Å². The fourth-order valence-electron chi connectivity index (χ4n) is 2.78. The molecule has 1 aliphatic heterocycles. The molecule has 1 fully saturated rings. The average Bonchev–Trinajstić information content (AvgIpc) is 2.39. The van der Waals surface area contributed by atoms with Crippen LogP contribution in [0.5, 0.6) is 0 Å². The zero-order valence-corrected chi connectivity index (χ0v) is 12.6. The molecule has 2 amide bonds. The second-order valence-corrected chi connectivity index (χ2v) is 5.45. The summed E-state index contributed by atoms with van der Waals surface area (Å²) < 4.78 is 0. The SMILES string of the molecule is CCC(=O)N1CCN(c2cc(C)cc(C)c2)C(=O)C1C. The monoisotopic (exact) mass is 274 g/mol. The highest BCUT2D eigenvalue weighted by Crippen LogP contribution is 2.23. The Morgan fingerprint density at radius 2 is 1.80 bits per heavy atom. The average molecular weight is 274 g/mol. The number of hydrogen-bond acceptors (Lipinski definition) is 2. The molecule has 0 N–H and O–H groups in total. The smallest absolute Gasteiger partial charge is 0.249 e. The van der Waals surface area contributed by atoms with Crippen LogP contribution in [0.2, 0.25) is 0 Å². The lowest BCUT2D eigenvalue weighted by molar-refractivity contribution is -0.140. The number of rotatable bonds is 2. The van der Waals surface area contributed by atoms with Crippen molar-refractivity contribution < 1.29 is 9.59 Å². The summed E-state index contributed by atoms with van der Waals surface area (Å²) in [6.45, 7) is 8.87. The van der Waals surface area contributed by atoms with Crippen molar-refractivity contribution in [3.05, 3.63) is 29.3 Å². The van der Waals surface area contributed by atoms with E-state index in [1.807, 2.05) is 39.8 Å². The first-order valence-corrected chi connectivity index (χ1v) is 7.13. The van der Waals surface area contributed by atoms with E-state index in [1.54, 1.807) is 9.80 Å². The van der Waals surface area contributed by atoms with Gasteiger partial charge in [-0.05, 0) is 44.0 Å². The largest absolute Gasteiger partial charge is 0.329 e. The lowest BCUT2D eigenvalue weighted by atomic mass is 10.1. The molecule has 1 aliphatic rings. The van der Waals surface area contributed by atoms with Gasteiger partial charge in [-0.1, -0.05) is 13.0 Å². The van der Waals surface area contributed by atoms with Crippen LogP contribution in [0, 0.1) is 13.8 Å². The molecule has 4 nitrogen and oxygen atoms in total. The highest BCUT2D eigenvalue weighted by molar-refractivity contribution is 6.00. The van der Waals surface area contributed by atoms with Gasteiger partial charge in [-0.2, -0.15) is 0 Å². The van der Waals surface area contributed by atoms with Gasteiger partial charge in [0.1, 0.15) is 6.04 Å². The van der Waals surface area contributed by atoms with E-state index in [4.69, 9.17) is 0 Å². The lowest BCUT2D eigenvalue weighted by Crippen LogP contribution is -2.57. The molecule has 1 saturated heterocycles. The molecular formula is C16H22N2O2. The van der Waals surface area contributed by atoms with E-state index in [2.05, 4.69) is 6.07 Å². The van der Waals surface area contributed by atoms with Crippen molar-refractivity contribution >= 4 is 17.5 Å². The first kappa shape index (κ1) is 14.6. The molecule has 0 saturated carbocycles. The van der Waals surface area contributed by atoms with Crippen molar-refractivity contribution in [2.75, 3.05) is 18.0 Å². The third-order valence-corrected chi connectivity index (χ3v) is 3.80. The Morgan fingerprint density at radius 1 is 1.20 bits per heavy atom. The molecule has 1 aromatic carbocycles. The first-order chi connectivity index (χ1) is 9.43. The van der Waals surface area contributed by atoms with Crippen molar-refractivity contribution in [2.24, 2.45) is 0 Å². The summed E-state index contributed by atoms with van der Waals surface area (Å²) in [6, 6.07) is 5.76. The number of benzene rings is 1. The van der Waals surface area contributed by atoms with Crippen LogP contribution in [0.4, 0.5) is 5.69 Å². The standard InChI is InChI=1S/C16H22N2O2/c1-5-15(19)17-6-7-18(16(20)13(17)4)14-9-11(2)8-12(3)10-14/h8-10,13H,5-7H2,1-4H3. The highest BCUT2D eigenvalue weighted by Gasteiger charge is 2.34. The van der Waals surface area contributed by atoms with Gasteiger partial charge < -0.3 is 9.80 Å². The van der Waals surface area contributed by atoms with E-state index < -0.39 is 0 Å². The van der Waals surface area contributed by atoms with Gasteiger partial charge in [-0.15, -0.1) is 0 Å². The zero-order chi connectivity index (χ0) is 14.9. The summed E-state index contributed by atoms with van der Waals surface area (Å²) in [7, 11) is 0. The number of anilines is 1. The number of aryl methyl sites for hydroxylation is 2. The number of nitrogens with zero attached hydrogens (tertiary/aromatic N) is 2. The van der Waals surface area contributed by atoms with E-state index in [0.29, 0.717) is 19.5 Å². The number of carbonyl (C=O) groups excluding carboxylic acids is 2. The van der Waals surface area contributed by atoms with Gasteiger partial charge in [0.15, 0.2) is 0 Å². The van der Waals surface area contributed by atoms with Crippen molar-refractivity contribution in [1.82, 2.24) is 4.90 Å². The molecule has 0 spiro atoms. The first-order valence-electron chi connectivity index (χ1n) is 7.13. The summed E-state index contributed by atoms with van der Waals surface area (Å²) in [5, 5.41) is 0. The predicted octanol–water partition coefficient (Wildman–Crippen LogP) is 2.28. The molecule has 1 atom stereocenters. The predicted molar refractivity (Wildman–Crippen MR) is 79.7 cm³/mol. The minimum atomic E-state index is -0.378. The van der Waals surface area contributed by atoms with Gasteiger partial charge in [-0.3, -0.25) is 9.59 Å². The van der Waals surface area contributed by atoms with Crippen LogP contribution in [-0.4, -0.2) is 35.8 Å². The Hall–Kier alpha value is -1.84. The molecule has 0 aliphatic carbocycles. The Bertz CT molecular complexity index is 519. The van der Waals surface area contributed by atoms with E-state index >= 15 is 0 Å². The molecule has 0 aromatic heterocycles. The van der Waals surface area contributed by atoms with Crippen molar-refractivity contribution in [3.8, 4) is 0 Å². The van der Waals surface area contributed by atoms with Gasteiger partial charge in [0.05, 0.1) is 0 Å². The molecule has 20 heavy (non-hydrogen) atoms. The second-order valence-electron chi connectivity index (χ2n) is 5.45. The van der Waals surface area contributed by atoms with Gasteiger partial charge >= 0.3 is 0 Å². The van der Waals surface area contributed by atoms with Gasteiger partial charge in [0, 0.05) is 25.2 Å². The number of carbonyl (C=O) groups is 2. The number of piperazine rings is 1. The van der Waals surface area contributed by atoms with Crippen LogP contribution in [0.25, 0.3) is 0 Å². The lowest BCUT2D eigenvalue weighted by Gasteiger charge is -2.39.